The summed E-state index contributed by atoms with van der Waals surface area (Å²) in [6.45, 7) is 2.80. The number of rotatable bonds is 4. The molecule has 1 saturated heterocycles. The maximum Gasteiger partial charge on any atom is 0.244 e. The van der Waals surface area contributed by atoms with E-state index < -0.39 is 0 Å². The molecule has 1 aliphatic carbocycles. The van der Waals surface area contributed by atoms with Gasteiger partial charge in [-0.3, -0.25) is 4.79 Å². The Hall–Kier alpha value is -1.55. The van der Waals surface area contributed by atoms with Crippen LogP contribution in [0.1, 0.15) is 24.8 Å². The molecular formula is C15H20N2O2. The molecule has 4 heteroatoms. The molecule has 1 heterocycles. The molecule has 1 unspecified atom stereocenters. The van der Waals surface area contributed by atoms with Crippen molar-refractivity contribution in [2.45, 2.75) is 38.3 Å². The highest BCUT2D eigenvalue weighted by molar-refractivity contribution is 5.99. The molecule has 2 fully saturated rings. The number of carbonyl (C=O) groups is 1. The van der Waals surface area contributed by atoms with Crippen LogP contribution in [0.15, 0.2) is 18.2 Å². The van der Waals surface area contributed by atoms with Crippen molar-refractivity contribution in [3.05, 3.63) is 23.8 Å². The summed E-state index contributed by atoms with van der Waals surface area (Å²) < 4.78 is 5.26. The summed E-state index contributed by atoms with van der Waals surface area (Å²) in [7, 11) is 1.67. The van der Waals surface area contributed by atoms with Gasteiger partial charge in [0, 0.05) is 18.3 Å². The topological polar surface area (TPSA) is 41.6 Å². The molecule has 1 aliphatic heterocycles. The highest BCUT2D eigenvalue weighted by atomic mass is 16.5. The van der Waals surface area contributed by atoms with Crippen LogP contribution in [0.25, 0.3) is 0 Å². The lowest BCUT2D eigenvalue weighted by Crippen LogP contribution is -2.39. The predicted molar refractivity (Wildman–Crippen MR) is 74.6 cm³/mol. The molecule has 0 bridgehead atoms. The van der Waals surface area contributed by atoms with Crippen molar-refractivity contribution in [2.75, 3.05) is 18.6 Å². The zero-order valence-corrected chi connectivity index (χ0v) is 11.5. The molecule has 1 aromatic rings. The lowest BCUT2D eigenvalue weighted by Gasteiger charge is -2.18. The average molecular weight is 260 g/mol. The van der Waals surface area contributed by atoms with Gasteiger partial charge in [0.25, 0.3) is 0 Å². The smallest absolute Gasteiger partial charge is 0.244 e. The fraction of sp³-hybridized carbons (Fsp3) is 0.533. The average Bonchev–Trinajstić information content (AvgIpc) is 3.14. The number of aryl methyl sites for hydroxylation is 1. The SMILES string of the molecule is COc1ccc(N2CCC(NC3CC3)C2=O)cc1C. The Morgan fingerprint density at radius 2 is 2.11 bits per heavy atom. The minimum Gasteiger partial charge on any atom is -0.496 e. The van der Waals surface area contributed by atoms with Crippen LogP contribution < -0.4 is 15.0 Å². The molecule has 3 rings (SSSR count). The second-order valence-electron chi connectivity index (χ2n) is 5.43. The van der Waals surface area contributed by atoms with Crippen molar-refractivity contribution in [1.82, 2.24) is 5.32 Å². The minimum absolute atomic E-state index is 0.00917. The fourth-order valence-corrected chi connectivity index (χ4v) is 2.66. The van der Waals surface area contributed by atoms with E-state index in [1.807, 2.05) is 30.0 Å². The van der Waals surface area contributed by atoms with Gasteiger partial charge in [-0.2, -0.15) is 0 Å². The maximum absolute atomic E-state index is 12.4. The molecule has 0 aromatic heterocycles. The lowest BCUT2D eigenvalue weighted by atomic mass is 10.2. The lowest BCUT2D eigenvalue weighted by molar-refractivity contribution is -0.118. The van der Waals surface area contributed by atoms with E-state index in [9.17, 15) is 4.79 Å². The first-order valence-electron chi connectivity index (χ1n) is 6.91. The second kappa shape index (κ2) is 4.85. The Kier molecular flexibility index (Phi) is 3.19. The normalized spacial score (nSPS) is 22.9. The first-order valence-corrected chi connectivity index (χ1v) is 6.91. The molecule has 0 spiro atoms. The number of ether oxygens (including phenoxy) is 1. The molecule has 1 N–H and O–H groups in total. The Morgan fingerprint density at radius 3 is 2.74 bits per heavy atom. The van der Waals surface area contributed by atoms with Crippen LogP contribution in [-0.2, 0) is 4.79 Å². The molecule has 0 radical (unpaired) electrons. The first-order chi connectivity index (χ1) is 9.19. The molecule has 1 aromatic carbocycles. The van der Waals surface area contributed by atoms with Gasteiger partial charge in [0.15, 0.2) is 0 Å². The van der Waals surface area contributed by atoms with E-state index in [2.05, 4.69) is 5.32 Å². The van der Waals surface area contributed by atoms with Crippen molar-refractivity contribution in [3.8, 4) is 5.75 Å². The third kappa shape index (κ3) is 2.45. The fourth-order valence-electron chi connectivity index (χ4n) is 2.66. The van der Waals surface area contributed by atoms with E-state index >= 15 is 0 Å². The van der Waals surface area contributed by atoms with Gasteiger partial charge in [-0.25, -0.2) is 0 Å². The molecule has 19 heavy (non-hydrogen) atoms. The summed E-state index contributed by atoms with van der Waals surface area (Å²) in [5.41, 5.74) is 2.04. The number of nitrogens with one attached hydrogen (secondary N) is 1. The van der Waals surface area contributed by atoms with Gasteiger partial charge in [0.2, 0.25) is 5.91 Å². The number of nitrogens with zero attached hydrogens (tertiary/aromatic N) is 1. The zero-order chi connectivity index (χ0) is 13.4. The second-order valence-corrected chi connectivity index (χ2v) is 5.43. The quantitative estimate of drug-likeness (QED) is 0.898. The van der Waals surface area contributed by atoms with E-state index in [4.69, 9.17) is 4.74 Å². The van der Waals surface area contributed by atoms with E-state index in [0.717, 1.165) is 30.0 Å². The van der Waals surface area contributed by atoms with Crippen molar-refractivity contribution in [3.63, 3.8) is 0 Å². The van der Waals surface area contributed by atoms with Crippen molar-refractivity contribution < 1.29 is 9.53 Å². The molecular weight excluding hydrogens is 240 g/mol. The summed E-state index contributed by atoms with van der Waals surface area (Å²) in [6, 6.07) is 6.50. The van der Waals surface area contributed by atoms with Crippen molar-refractivity contribution in [2.24, 2.45) is 0 Å². The zero-order valence-electron chi connectivity index (χ0n) is 11.5. The van der Waals surface area contributed by atoms with E-state index in [1.165, 1.54) is 12.8 Å². The van der Waals surface area contributed by atoms with Gasteiger partial charge >= 0.3 is 0 Å². The standard InChI is InChI=1S/C15H20N2O2/c1-10-9-12(5-6-14(10)19-2)17-8-7-13(15(17)18)16-11-3-4-11/h5-6,9,11,13,16H,3-4,7-8H2,1-2H3. The highest BCUT2D eigenvalue weighted by Crippen LogP contribution is 2.28. The molecule has 1 saturated carbocycles. The van der Waals surface area contributed by atoms with Crippen LogP contribution in [0.3, 0.4) is 0 Å². The molecule has 102 valence electrons. The van der Waals surface area contributed by atoms with Crippen LogP contribution in [0.4, 0.5) is 5.69 Å². The van der Waals surface area contributed by atoms with Crippen LogP contribution >= 0.6 is 0 Å². The third-order valence-electron chi connectivity index (χ3n) is 3.91. The van der Waals surface area contributed by atoms with Crippen LogP contribution in [0.5, 0.6) is 5.75 Å². The predicted octanol–water partition coefficient (Wildman–Crippen LogP) is 1.86. The van der Waals surface area contributed by atoms with Gasteiger partial charge in [-0.1, -0.05) is 0 Å². The number of hydrogen-bond acceptors (Lipinski definition) is 3. The van der Waals surface area contributed by atoms with Gasteiger partial charge in [0.05, 0.1) is 13.2 Å². The summed E-state index contributed by atoms with van der Waals surface area (Å²) in [6.07, 6.45) is 3.33. The van der Waals surface area contributed by atoms with Gasteiger partial charge in [-0.05, 0) is 49.9 Å². The van der Waals surface area contributed by atoms with Crippen molar-refractivity contribution in [1.29, 1.82) is 0 Å². The van der Waals surface area contributed by atoms with Crippen LogP contribution in [0.2, 0.25) is 0 Å². The Labute approximate surface area is 113 Å². The minimum atomic E-state index is 0.00917. The summed E-state index contributed by atoms with van der Waals surface area (Å²) in [4.78, 5) is 14.2. The maximum atomic E-state index is 12.4. The van der Waals surface area contributed by atoms with E-state index in [1.54, 1.807) is 7.11 Å². The van der Waals surface area contributed by atoms with Crippen LogP contribution in [-0.4, -0.2) is 31.6 Å². The monoisotopic (exact) mass is 260 g/mol. The number of hydrogen-bond donors (Lipinski definition) is 1. The Morgan fingerprint density at radius 1 is 1.32 bits per heavy atom. The summed E-state index contributed by atoms with van der Waals surface area (Å²) in [5.74, 6) is 1.07. The number of amides is 1. The number of carbonyl (C=O) groups excluding carboxylic acids is 1. The summed E-state index contributed by atoms with van der Waals surface area (Å²) >= 11 is 0. The Bertz CT molecular complexity index is 497. The largest absolute Gasteiger partial charge is 0.496 e. The van der Waals surface area contributed by atoms with E-state index in [0.29, 0.717) is 6.04 Å². The number of benzene rings is 1. The van der Waals surface area contributed by atoms with Gasteiger partial charge in [-0.15, -0.1) is 0 Å². The first kappa shape index (κ1) is 12.5. The van der Waals surface area contributed by atoms with Gasteiger partial charge in [0.1, 0.15) is 5.75 Å². The molecule has 4 nitrogen and oxygen atoms in total. The Balaban J connectivity index is 1.75. The third-order valence-corrected chi connectivity index (χ3v) is 3.91. The summed E-state index contributed by atoms with van der Waals surface area (Å²) in [5, 5.41) is 3.42. The van der Waals surface area contributed by atoms with Crippen molar-refractivity contribution >= 4 is 11.6 Å². The number of anilines is 1. The van der Waals surface area contributed by atoms with E-state index in [-0.39, 0.29) is 11.9 Å². The molecule has 2 aliphatic rings. The van der Waals surface area contributed by atoms with Crippen LogP contribution in [0, 0.1) is 6.92 Å². The molecule has 1 atom stereocenters. The highest BCUT2D eigenvalue weighted by Gasteiger charge is 2.36. The van der Waals surface area contributed by atoms with Gasteiger partial charge < -0.3 is 15.0 Å². The molecule has 1 amide bonds. The number of methoxy groups -OCH3 is 1.